The van der Waals surface area contributed by atoms with Crippen LogP contribution in [0.25, 0.3) is 0 Å². The molecule has 0 unspecified atom stereocenters. The lowest BCUT2D eigenvalue weighted by Crippen LogP contribution is -2.48. The summed E-state index contributed by atoms with van der Waals surface area (Å²) in [6.45, 7) is 4.21. The van der Waals surface area contributed by atoms with Gasteiger partial charge in [0.15, 0.2) is 0 Å². The zero-order valence-corrected chi connectivity index (χ0v) is 8.94. The van der Waals surface area contributed by atoms with Gasteiger partial charge in [0.05, 0.1) is 0 Å². The maximum Gasteiger partial charge on any atom is 0.220 e. The SMILES string of the molecule is CC1(NC(=O)CC2CNC2)CCCC1. The molecule has 0 atom stereocenters. The molecule has 0 aromatic rings. The van der Waals surface area contributed by atoms with Crippen LogP contribution >= 0.6 is 0 Å². The Morgan fingerprint density at radius 1 is 1.43 bits per heavy atom. The lowest BCUT2D eigenvalue weighted by molar-refractivity contribution is -0.124. The van der Waals surface area contributed by atoms with Crippen LogP contribution < -0.4 is 10.6 Å². The summed E-state index contributed by atoms with van der Waals surface area (Å²) in [4.78, 5) is 11.7. The number of carbonyl (C=O) groups excluding carboxylic acids is 1. The van der Waals surface area contributed by atoms with E-state index in [1.54, 1.807) is 0 Å². The van der Waals surface area contributed by atoms with Crippen molar-refractivity contribution < 1.29 is 4.79 Å². The van der Waals surface area contributed by atoms with Crippen molar-refractivity contribution in [3.8, 4) is 0 Å². The van der Waals surface area contributed by atoms with Crippen LogP contribution in [0.2, 0.25) is 0 Å². The molecule has 1 aliphatic carbocycles. The van der Waals surface area contributed by atoms with Gasteiger partial charge in [-0.25, -0.2) is 0 Å². The molecule has 0 spiro atoms. The highest BCUT2D eigenvalue weighted by Gasteiger charge is 2.31. The number of nitrogens with one attached hydrogen (secondary N) is 2. The number of hydrogen-bond acceptors (Lipinski definition) is 2. The number of hydrogen-bond donors (Lipinski definition) is 2. The second-order valence-electron chi connectivity index (χ2n) is 5.04. The molecule has 3 heteroatoms. The van der Waals surface area contributed by atoms with Crippen molar-refractivity contribution in [3.05, 3.63) is 0 Å². The van der Waals surface area contributed by atoms with E-state index in [0.29, 0.717) is 12.3 Å². The molecule has 2 N–H and O–H groups in total. The zero-order chi connectivity index (χ0) is 10.0. The smallest absolute Gasteiger partial charge is 0.220 e. The van der Waals surface area contributed by atoms with Crippen molar-refractivity contribution >= 4 is 5.91 Å². The molecule has 1 amide bonds. The number of rotatable bonds is 3. The molecular formula is C11H20N2O. The van der Waals surface area contributed by atoms with Crippen LogP contribution in [-0.2, 0) is 4.79 Å². The summed E-state index contributed by atoms with van der Waals surface area (Å²) < 4.78 is 0. The van der Waals surface area contributed by atoms with Crippen molar-refractivity contribution in [1.29, 1.82) is 0 Å². The molecule has 0 bridgehead atoms. The monoisotopic (exact) mass is 196 g/mol. The summed E-state index contributed by atoms with van der Waals surface area (Å²) in [6, 6.07) is 0. The average molecular weight is 196 g/mol. The van der Waals surface area contributed by atoms with Crippen LogP contribution in [0.15, 0.2) is 0 Å². The van der Waals surface area contributed by atoms with E-state index in [4.69, 9.17) is 0 Å². The Hall–Kier alpha value is -0.570. The summed E-state index contributed by atoms with van der Waals surface area (Å²) >= 11 is 0. The van der Waals surface area contributed by atoms with Gasteiger partial charge in [0.1, 0.15) is 0 Å². The normalized spacial score (nSPS) is 25.8. The molecule has 0 aromatic carbocycles. The quantitative estimate of drug-likeness (QED) is 0.708. The predicted octanol–water partition coefficient (Wildman–Crippen LogP) is 1.04. The minimum Gasteiger partial charge on any atom is -0.351 e. The fourth-order valence-corrected chi connectivity index (χ4v) is 2.42. The summed E-state index contributed by atoms with van der Waals surface area (Å²) in [7, 11) is 0. The first-order valence-corrected chi connectivity index (χ1v) is 5.70. The fourth-order valence-electron chi connectivity index (χ4n) is 2.42. The summed E-state index contributed by atoms with van der Waals surface area (Å²) in [5.74, 6) is 0.834. The maximum absolute atomic E-state index is 11.7. The molecule has 3 nitrogen and oxygen atoms in total. The molecule has 2 aliphatic rings. The van der Waals surface area contributed by atoms with Gasteiger partial charge < -0.3 is 10.6 Å². The third kappa shape index (κ3) is 2.27. The number of amides is 1. The minimum absolute atomic E-state index is 0.105. The third-order valence-corrected chi connectivity index (χ3v) is 3.49. The molecule has 2 fully saturated rings. The Morgan fingerprint density at radius 3 is 2.57 bits per heavy atom. The van der Waals surface area contributed by atoms with E-state index < -0.39 is 0 Å². The first-order chi connectivity index (χ1) is 6.68. The standard InChI is InChI=1S/C11H20N2O/c1-11(4-2-3-5-11)13-10(14)6-9-7-12-8-9/h9,12H,2-8H2,1H3,(H,13,14). The van der Waals surface area contributed by atoms with E-state index in [1.807, 2.05) is 0 Å². The van der Waals surface area contributed by atoms with Gasteiger partial charge in [0, 0.05) is 12.0 Å². The Kier molecular flexibility index (Phi) is 2.77. The van der Waals surface area contributed by atoms with Crippen LogP contribution in [0, 0.1) is 5.92 Å². The molecule has 14 heavy (non-hydrogen) atoms. The molecular weight excluding hydrogens is 176 g/mol. The van der Waals surface area contributed by atoms with E-state index >= 15 is 0 Å². The predicted molar refractivity (Wildman–Crippen MR) is 56.0 cm³/mol. The van der Waals surface area contributed by atoms with Gasteiger partial charge in [0.2, 0.25) is 5.91 Å². The second-order valence-corrected chi connectivity index (χ2v) is 5.04. The first-order valence-electron chi connectivity index (χ1n) is 5.70. The van der Waals surface area contributed by atoms with E-state index in [2.05, 4.69) is 17.6 Å². The van der Waals surface area contributed by atoms with Crippen molar-refractivity contribution in [3.63, 3.8) is 0 Å². The van der Waals surface area contributed by atoms with Gasteiger partial charge in [0.25, 0.3) is 0 Å². The zero-order valence-electron chi connectivity index (χ0n) is 8.94. The van der Waals surface area contributed by atoms with Gasteiger partial charge in [-0.2, -0.15) is 0 Å². The maximum atomic E-state index is 11.7. The summed E-state index contributed by atoms with van der Waals surface area (Å²) in [5, 5.41) is 6.38. The molecule has 0 aromatic heterocycles. The fraction of sp³-hybridized carbons (Fsp3) is 0.909. The lowest BCUT2D eigenvalue weighted by Gasteiger charge is -2.30. The molecule has 1 saturated heterocycles. The first kappa shape index (κ1) is 9.97. The Morgan fingerprint density at radius 2 is 2.07 bits per heavy atom. The molecule has 80 valence electrons. The largest absolute Gasteiger partial charge is 0.351 e. The third-order valence-electron chi connectivity index (χ3n) is 3.49. The van der Waals surface area contributed by atoms with Gasteiger partial charge in [-0.05, 0) is 38.8 Å². The van der Waals surface area contributed by atoms with Gasteiger partial charge in [-0.15, -0.1) is 0 Å². The van der Waals surface area contributed by atoms with E-state index in [9.17, 15) is 4.79 Å². The van der Waals surface area contributed by atoms with Crippen LogP contribution in [-0.4, -0.2) is 24.5 Å². The lowest BCUT2D eigenvalue weighted by atomic mass is 9.96. The highest BCUT2D eigenvalue weighted by Crippen LogP contribution is 2.29. The number of carbonyl (C=O) groups is 1. The Balaban J connectivity index is 1.75. The molecule has 1 saturated carbocycles. The van der Waals surface area contributed by atoms with E-state index in [0.717, 1.165) is 25.9 Å². The van der Waals surface area contributed by atoms with Crippen LogP contribution in [0.3, 0.4) is 0 Å². The molecule has 1 aliphatic heterocycles. The highest BCUT2D eigenvalue weighted by molar-refractivity contribution is 5.77. The van der Waals surface area contributed by atoms with Crippen molar-refractivity contribution in [2.45, 2.75) is 44.6 Å². The molecule has 2 rings (SSSR count). The molecule has 0 radical (unpaired) electrons. The van der Waals surface area contributed by atoms with Crippen LogP contribution in [0.5, 0.6) is 0 Å². The summed E-state index contributed by atoms with van der Waals surface area (Å²) in [5.41, 5.74) is 0.105. The molecule has 1 heterocycles. The average Bonchev–Trinajstić information content (AvgIpc) is 2.44. The van der Waals surface area contributed by atoms with Crippen molar-refractivity contribution in [2.75, 3.05) is 13.1 Å². The van der Waals surface area contributed by atoms with Gasteiger partial charge >= 0.3 is 0 Å². The Labute approximate surface area is 85.6 Å². The Bertz CT molecular complexity index is 217. The summed E-state index contributed by atoms with van der Waals surface area (Å²) in [6.07, 6.45) is 5.55. The second kappa shape index (κ2) is 3.89. The highest BCUT2D eigenvalue weighted by atomic mass is 16.1. The van der Waals surface area contributed by atoms with Crippen LogP contribution in [0.1, 0.15) is 39.0 Å². The van der Waals surface area contributed by atoms with Crippen molar-refractivity contribution in [1.82, 2.24) is 10.6 Å². The van der Waals surface area contributed by atoms with Crippen molar-refractivity contribution in [2.24, 2.45) is 5.92 Å². The van der Waals surface area contributed by atoms with Crippen LogP contribution in [0.4, 0.5) is 0 Å². The minimum atomic E-state index is 0.105. The van der Waals surface area contributed by atoms with Gasteiger partial charge in [-0.3, -0.25) is 4.79 Å². The topological polar surface area (TPSA) is 41.1 Å². The van der Waals surface area contributed by atoms with E-state index in [1.165, 1.54) is 12.8 Å². The van der Waals surface area contributed by atoms with Gasteiger partial charge in [-0.1, -0.05) is 12.8 Å². The van der Waals surface area contributed by atoms with E-state index in [-0.39, 0.29) is 11.4 Å².